The average Bonchev–Trinajstić information content (AvgIpc) is 3.22. The normalized spacial score (nSPS) is 18.9. The van der Waals surface area contributed by atoms with E-state index in [0.29, 0.717) is 25.8 Å². The summed E-state index contributed by atoms with van der Waals surface area (Å²) in [6.07, 6.45) is 1.28. The third-order valence-electron chi connectivity index (χ3n) is 5.01. The van der Waals surface area contributed by atoms with Crippen LogP contribution in [0.5, 0.6) is 0 Å². The van der Waals surface area contributed by atoms with Crippen LogP contribution in [0.2, 0.25) is 0 Å². The van der Waals surface area contributed by atoms with Gasteiger partial charge in [0.1, 0.15) is 18.1 Å². The summed E-state index contributed by atoms with van der Waals surface area (Å²) < 4.78 is 0. The molecule has 0 bridgehead atoms. The fraction of sp³-hybridized carbons (Fsp3) is 0.500. The van der Waals surface area contributed by atoms with Crippen molar-refractivity contribution in [1.82, 2.24) is 15.5 Å². The molecule has 3 amide bonds. The minimum atomic E-state index is -1.07. The molecule has 0 aromatic heterocycles. The maximum Gasteiger partial charge on any atom is 0.326 e. The number of nitrogens with one attached hydrogen (secondary N) is 2. The van der Waals surface area contributed by atoms with Crippen LogP contribution >= 0.6 is 12.6 Å². The van der Waals surface area contributed by atoms with Gasteiger partial charge < -0.3 is 26.4 Å². The van der Waals surface area contributed by atoms with Crippen LogP contribution in [0.3, 0.4) is 0 Å². The van der Waals surface area contributed by atoms with Crippen LogP contribution in [-0.2, 0) is 25.6 Å². The van der Waals surface area contributed by atoms with Gasteiger partial charge in [-0.2, -0.15) is 12.6 Å². The quantitative estimate of drug-likeness (QED) is 0.332. The van der Waals surface area contributed by atoms with Gasteiger partial charge in [0.2, 0.25) is 17.7 Å². The highest BCUT2D eigenvalue weighted by atomic mass is 32.1. The zero-order valence-electron chi connectivity index (χ0n) is 16.8. The van der Waals surface area contributed by atoms with Crippen LogP contribution in [0, 0.1) is 0 Å². The minimum Gasteiger partial charge on any atom is -0.480 e. The molecule has 5 N–H and O–H groups in total. The molecular formula is C20H28N4O5S. The van der Waals surface area contributed by atoms with E-state index in [1.165, 1.54) is 11.8 Å². The number of carboxylic acid groups (broad SMARTS) is 1. The minimum absolute atomic E-state index is 0.00159. The predicted molar refractivity (Wildman–Crippen MR) is 114 cm³/mol. The van der Waals surface area contributed by atoms with Gasteiger partial charge in [-0.15, -0.1) is 0 Å². The summed E-state index contributed by atoms with van der Waals surface area (Å²) in [6, 6.07) is 5.63. The smallest absolute Gasteiger partial charge is 0.326 e. The summed E-state index contributed by atoms with van der Waals surface area (Å²) >= 11 is 4.11. The number of hydrogen-bond donors (Lipinski definition) is 5. The zero-order valence-corrected chi connectivity index (χ0v) is 17.7. The highest BCUT2D eigenvalue weighted by Crippen LogP contribution is 2.18. The molecule has 1 heterocycles. The molecular weight excluding hydrogens is 408 g/mol. The van der Waals surface area contributed by atoms with E-state index in [0.717, 1.165) is 5.56 Å². The van der Waals surface area contributed by atoms with Gasteiger partial charge >= 0.3 is 5.97 Å². The summed E-state index contributed by atoms with van der Waals surface area (Å²) in [7, 11) is 0. The van der Waals surface area contributed by atoms with E-state index in [1.807, 2.05) is 30.3 Å². The number of likely N-dealkylation sites (tertiary alicyclic amines) is 1. The number of carbonyl (C=O) groups excluding carboxylic acids is 3. The van der Waals surface area contributed by atoms with Crippen molar-refractivity contribution in [2.45, 2.75) is 50.4 Å². The summed E-state index contributed by atoms with van der Waals surface area (Å²) in [5, 5.41) is 14.3. The van der Waals surface area contributed by atoms with Crippen molar-refractivity contribution in [3.63, 3.8) is 0 Å². The first-order valence-corrected chi connectivity index (χ1v) is 10.4. The van der Waals surface area contributed by atoms with E-state index < -0.39 is 47.9 Å². The molecule has 9 nitrogen and oxygen atoms in total. The predicted octanol–water partition coefficient (Wildman–Crippen LogP) is -0.449. The maximum atomic E-state index is 12.7. The standard InChI is InChI=1S/C20H28N4O5S/c1-12(22-18(26)14(21)10-13-6-3-2-4-7-13)17(25)23-15(11-30)19(27)24-9-5-8-16(24)20(28)29/h2-4,6-7,12,14-16,30H,5,8-11,21H2,1H3,(H,22,26)(H,23,25)(H,28,29). The SMILES string of the molecule is CC(NC(=O)C(N)Cc1ccccc1)C(=O)NC(CS)C(=O)N1CCCC1C(=O)O. The molecule has 0 radical (unpaired) electrons. The van der Waals surface area contributed by atoms with E-state index in [4.69, 9.17) is 5.73 Å². The molecule has 1 aliphatic rings. The summed E-state index contributed by atoms with van der Waals surface area (Å²) in [6.45, 7) is 1.80. The maximum absolute atomic E-state index is 12.7. The second-order valence-electron chi connectivity index (χ2n) is 7.30. The Labute approximate surface area is 180 Å². The molecule has 4 atom stereocenters. The Bertz CT molecular complexity index is 776. The number of carbonyl (C=O) groups is 4. The number of rotatable bonds is 9. The first-order valence-electron chi connectivity index (χ1n) is 9.79. The number of hydrogen-bond acceptors (Lipinski definition) is 6. The Morgan fingerprint density at radius 1 is 1.20 bits per heavy atom. The number of nitrogens with zero attached hydrogens (tertiary/aromatic N) is 1. The van der Waals surface area contributed by atoms with Crippen LogP contribution in [0.15, 0.2) is 30.3 Å². The van der Waals surface area contributed by atoms with E-state index in [1.54, 1.807) is 0 Å². The van der Waals surface area contributed by atoms with E-state index in [2.05, 4.69) is 23.3 Å². The number of carboxylic acids is 1. The van der Waals surface area contributed by atoms with Crippen LogP contribution in [-0.4, -0.2) is 70.2 Å². The molecule has 164 valence electrons. The van der Waals surface area contributed by atoms with Gasteiger partial charge in [0.05, 0.1) is 6.04 Å². The number of nitrogens with two attached hydrogens (primary N) is 1. The number of aliphatic carboxylic acids is 1. The number of thiol groups is 1. The van der Waals surface area contributed by atoms with Crippen molar-refractivity contribution >= 4 is 36.3 Å². The lowest BCUT2D eigenvalue weighted by atomic mass is 10.1. The van der Waals surface area contributed by atoms with Gasteiger partial charge in [-0.3, -0.25) is 14.4 Å². The largest absolute Gasteiger partial charge is 0.480 e. The monoisotopic (exact) mass is 436 g/mol. The van der Waals surface area contributed by atoms with Gasteiger partial charge in [0.15, 0.2) is 0 Å². The fourth-order valence-corrected chi connectivity index (χ4v) is 3.56. The molecule has 2 rings (SSSR count). The zero-order chi connectivity index (χ0) is 22.3. The van der Waals surface area contributed by atoms with Crippen molar-refractivity contribution in [1.29, 1.82) is 0 Å². The lowest BCUT2D eigenvalue weighted by Gasteiger charge is -2.27. The van der Waals surface area contributed by atoms with Gasteiger partial charge in [0, 0.05) is 12.3 Å². The van der Waals surface area contributed by atoms with Crippen LogP contribution in [0.4, 0.5) is 0 Å². The van der Waals surface area contributed by atoms with E-state index >= 15 is 0 Å². The Morgan fingerprint density at radius 2 is 1.87 bits per heavy atom. The van der Waals surface area contributed by atoms with Crippen molar-refractivity contribution in [2.24, 2.45) is 5.73 Å². The molecule has 1 aromatic carbocycles. The number of amides is 3. The molecule has 10 heteroatoms. The van der Waals surface area contributed by atoms with Crippen molar-refractivity contribution < 1.29 is 24.3 Å². The molecule has 0 saturated carbocycles. The molecule has 1 saturated heterocycles. The molecule has 1 fully saturated rings. The summed E-state index contributed by atoms with van der Waals surface area (Å²) in [4.78, 5) is 50.0. The Balaban J connectivity index is 1.90. The highest BCUT2D eigenvalue weighted by Gasteiger charge is 2.37. The second kappa shape index (κ2) is 11.0. The molecule has 0 aliphatic carbocycles. The molecule has 30 heavy (non-hydrogen) atoms. The first-order chi connectivity index (χ1) is 14.2. The molecule has 1 aromatic rings. The Morgan fingerprint density at radius 3 is 2.47 bits per heavy atom. The van der Waals surface area contributed by atoms with Crippen LogP contribution in [0.25, 0.3) is 0 Å². The molecule has 1 aliphatic heterocycles. The van der Waals surface area contributed by atoms with Crippen molar-refractivity contribution in [3.8, 4) is 0 Å². The van der Waals surface area contributed by atoms with Crippen molar-refractivity contribution in [3.05, 3.63) is 35.9 Å². The summed E-state index contributed by atoms with van der Waals surface area (Å²) in [5.41, 5.74) is 6.83. The Hall–Kier alpha value is -2.59. The average molecular weight is 437 g/mol. The third-order valence-corrected chi connectivity index (χ3v) is 5.37. The first kappa shape index (κ1) is 23.7. The van der Waals surface area contributed by atoms with E-state index in [-0.39, 0.29) is 5.75 Å². The fourth-order valence-electron chi connectivity index (χ4n) is 3.32. The topological polar surface area (TPSA) is 142 Å². The molecule has 4 unspecified atom stereocenters. The van der Waals surface area contributed by atoms with Gasteiger partial charge in [-0.25, -0.2) is 4.79 Å². The summed E-state index contributed by atoms with van der Waals surface area (Å²) in [5.74, 6) is -2.63. The van der Waals surface area contributed by atoms with Gasteiger partial charge in [-0.05, 0) is 31.7 Å². The third kappa shape index (κ3) is 6.20. The number of benzene rings is 1. The van der Waals surface area contributed by atoms with Crippen LogP contribution in [0.1, 0.15) is 25.3 Å². The molecule has 0 spiro atoms. The Kier molecular flexibility index (Phi) is 8.67. The lowest BCUT2D eigenvalue weighted by Crippen LogP contribution is -2.57. The highest BCUT2D eigenvalue weighted by molar-refractivity contribution is 7.80. The van der Waals surface area contributed by atoms with Crippen molar-refractivity contribution in [2.75, 3.05) is 12.3 Å². The van der Waals surface area contributed by atoms with Gasteiger partial charge in [-0.1, -0.05) is 30.3 Å². The lowest BCUT2D eigenvalue weighted by molar-refractivity contribution is -0.149. The van der Waals surface area contributed by atoms with E-state index in [9.17, 15) is 24.3 Å². The second-order valence-corrected chi connectivity index (χ2v) is 7.66. The van der Waals surface area contributed by atoms with Gasteiger partial charge in [0.25, 0.3) is 0 Å². The van der Waals surface area contributed by atoms with Crippen LogP contribution < -0.4 is 16.4 Å².